The summed E-state index contributed by atoms with van der Waals surface area (Å²) >= 11 is 0. The van der Waals surface area contributed by atoms with Crippen LogP contribution in [-0.4, -0.2) is 45.1 Å². The third-order valence-electron chi connectivity index (χ3n) is 4.84. The molecule has 0 bridgehead atoms. The molecular formula is C23H25N5O5. The number of nitrogens with two attached hydrogens (primary N) is 1. The van der Waals surface area contributed by atoms with Gasteiger partial charge in [0.2, 0.25) is 11.8 Å². The van der Waals surface area contributed by atoms with Crippen molar-refractivity contribution in [1.29, 1.82) is 0 Å². The number of nitrogens with one attached hydrogen (secondary N) is 3. The smallest absolute Gasteiger partial charge is 0.408 e. The number of H-pyrrole nitrogens is 1. The zero-order chi connectivity index (χ0) is 23.6. The molecule has 6 N–H and O–H groups in total. The Kier molecular flexibility index (Phi) is 8.01. The van der Waals surface area contributed by atoms with Crippen LogP contribution in [0.1, 0.15) is 16.8 Å². The molecule has 1 aromatic heterocycles. The summed E-state index contributed by atoms with van der Waals surface area (Å²) in [7, 11) is 0. The summed E-state index contributed by atoms with van der Waals surface area (Å²) in [6.45, 7) is 0.0375. The number of amides is 3. The monoisotopic (exact) mass is 451 g/mol. The Morgan fingerprint density at radius 3 is 2.33 bits per heavy atom. The van der Waals surface area contributed by atoms with E-state index in [1.807, 2.05) is 30.3 Å². The summed E-state index contributed by atoms with van der Waals surface area (Å²) in [5.41, 5.74) is 7.57. The van der Waals surface area contributed by atoms with Crippen molar-refractivity contribution < 1.29 is 24.2 Å². The van der Waals surface area contributed by atoms with Crippen LogP contribution in [0.3, 0.4) is 0 Å². The van der Waals surface area contributed by atoms with Crippen LogP contribution in [0.25, 0.3) is 0 Å². The summed E-state index contributed by atoms with van der Waals surface area (Å²) in [5, 5.41) is 14.5. The number of phenolic OH excluding ortho intramolecular Hbond substituents is 1. The maximum Gasteiger partial charge on any atom is 0.408 e. The van der Waals surface area contributed by atoms with E-state index in [2.05, 4.69) is 20.6 Å². The van der Waals surface area contributed by atoms with E-state index in [4.69, 9.17) is 10.5 Å². The van der Waals surface area contributed by atoms with Crippen LogP contribution in [0.2, 0.25) is 0 Å². The number of carbonyl (C=O) groups excluding carboxylic acids is 3. The van der Waals surface area contributed by atoms with Gasteiger partial charge in [0.1, 0.15) is 24.4 Å². The lowest BCUT2D eigenvalue weighted by atomic mass is 10.0. The molecule has 2 aromatic carbocycles. The number of carbonyl (C=O) groups is 3. The molecule has 0 radical (unpaired) electrons. The Labute approximate surface area is 190 Å². The van der Waals surface area contributed by atoms with Gasteiger partial charge < -0.3 is 31.2 Å². The summed E-state index contributed by atoms with van der Waals surface area (Å²) < 4.78 is 5.22. The lowest BCUT2D eigenvalue weighted by Crippen LogP contribution is -2.54. The highest BCUT2D eigenvalue weighted by molar-refractivity contribution is 5.91. The first kappa shape index (κ1) is 23.3. The Bertz CT molecular complexity index is 1050. The van der Waals surface area contributed by atoms with Crippen LogP contribution in [0.4, 0.5) is 4.79 Å². The predicted molar refractivity (Wildman–Crippen MR) is 119 cm³/mol. The Morgan fingerprint density at radius 1 is 0.970 bits per heavy atom. The molecule has 3 amide bonds. The third kappa shape index (κ3) is 7.39. The molecule has 2 atom stereocenters. The second kappa shape index (κ2) is 11.3. The highest BCUT2D eigenvalue weighted by Gasteiger charge is 2.27. The number of hydrogen-bond donors (Lipinski definition) is 5. The van der Waals surface area contributed by atoms with E-state index in [1.165, 1.54) is 24.7 Å². The minimum Gasteiger partial charge on any atom is -0.508 e. The second-order valence-corrected chi connectivity index (χ2v) is 7.37. The zero-order valence-corrected chi connectivity index (χ0v) is 17.7. The van der Waals surface area contributed by atoms with Crippen LogP contribution in [0, 0.1) is 0 Å². The van der Waals surface area contributed by atoms with E-state index in [9.17, 15) is 19.5 Å². The van der Waals surface area contributed by atoms with Gasteiger partial charge in [-0.2, -0.15) is 0 Å². The number of ether oxygens (including phenoxy) is 1. The van der Waals surface area contributed by atoms with Crippen LogP contribution < -0.4 is 16.4 Å². The van der Waals surface area contributed by atoms with E-state index < -0.39 is 30.0 Å². The topological polar surface area (TPSA) is 159 Å². The first-order valence-electron chi connectivity index (χ1n) is 10.2. The Balaban J connectivity index is 1.66. The molecule has 33 heavy (non-hydrogen) atoms. The second-order valence-electron chi connectivity index (χ2n) is 7.37. The van der Waals surface area contributed by atoms with Gasteiger partial charge in [0.15, 0.2) is 0 Å². The van der Waals surface area contributed by atoms with Gasteiger partial charge in [-0.05, 0) is 23.3 Å². The Hall–Kier alpha value is -4.34. The van der Waals surface area contributed by atoms with Crippen molar-refractivity contribution in [2.24, 2.45) is 5.73 Å². The molecule has 0 saturated heterocycles. The number of imidazole rings is 1. The zero-order valence-electron chi connectivity index (χ0n) is 17.7. The number of rotatable bonds is 10. The predicted octanol–water partition coefficient (Wildman–Crippen LogP) is 1.17. The van der Waals surface area contributed by atoms with Crippen LogP contribution in [-0.2, 0) is 33.8 Å². The van der Waals surface area contributed by atoms with E-state index in [-0.39, 0.29) is 25.2 Å². The van der Waals surface area contributed by atoms with Crippen molar-refractivity contribution in [3.63, 3.8) is 0 Å². The molecular weight excluding hydrogens is 426 g/mol. The quantitative estimate of drug-likeness (QED) is 0.311. The highest BCUT2D eigenvalue weighted by Crippen LogP contribution is 2.12. The van der Waals surface area contributed by atoms with Crippen molar-refractivity contribution in [2.75, 3.05) is 0 Å². The van der Waals surface area contributed by atoms with Gasteiger partial charge in [-0.1, -0.05) is 42.5 Å². The van der Waals surface area contributed by atoms with Crippen molar-refractivity contribution in [2.45, 2.75) is 31.5 Å². The van der Waals surface area contributed by atoms with Gasteiger partial charge in [-0.3, -0.25) is 9.59 Å². The molecule has 3 rings (SSSR count). The molecule has 0 spiro atoms. The molecule has 3 aromatic rings. The summed E-state index contributed by atoms with van der Waals surface area (Å²) in [5.74, 6) is -1.26. The van der Waals surface area contributed by atoms with Gasteiger partial charge >= 0.3 is 6.09 Å². The van der Waals surface area contributed by atoms with Gasteiger partial charge in [0.25, 0.3) is 0 Å². The van der Waals surface area contributed by atoms with Gasteiger partial charge in [-0.15, -0.1) is 0 Å². The van der Waals surface area contributed by atoms with Crippen molar-refractivity contribution in [3.8, 4) is 5.75 Å². The average Bonchev–Trinajstić information content (AvgIpc) is 3.32. The highest BCUT2D eigenvalue weighted by atomic mass is 16.5. The molecule has 0 unspecified atom stereocenters. The fourth-order valence-corrected chi connectivity index (χ4v) is 3.10. The van der Waals surface area contributed by atoms with E-state index in [0.29, 0.717) is 11.3 Å². The van der Waals surface area contributed by atoms with Crippen molar-refractivity contribution >= 4 is 17.9 Å². The standard InChI is InChI=1S/C23H25N5O5/c24-21(30)19(10-15-6-8-18(29)9-7-15)27-22(31)20(11-17-12-25-14-26-17)28-23(32)33-13-16-4-2-1-3-5-16/h1-9,12,14,19-20,29H,10-11,13H2,(H2,24,30)(H,25,26)(H,27,31)(H,28,32)/t19-,20+/m0/s1. The number of aromatic amines is 1. The number of benzene rings is 2. The first-order valence-corrected chi connectivity index (χ1v) is 10.2. The van der Waals surface area contributed by atoms with Crippen molar-refractivity contribution in [3.05, 3.63) is 83.9 Å². The first-order chi connectivity index (χ1) is 15.9. The number of alkyl carbamates (subject to hydrolysis) is 1. The minimum absolute atomic E-state index is 0.0375. The summed E-state index contributed by atoms with van der Waals surface area (Å²) in [6.07, 6.45) is 2.41. The van der Waals surface area contributed by atoms with Gasteiger partial charge in [0.05, 0.1) is 6.33 Å². The third-order valence-corrected chi connectivity index (χ3v) is 4.84. The van der Waals surface area contributed by atoms with Crippen LogP contribution in [0.15, 0.2) is 67.1 Å². The number of phenols is 1. The summed E-state index contributed by atoms with van der Waals surface area (Å²) in [4.78, 5) is 44.1. The number of nitrogens with zero attached hydrogens (tertiary/aromatic N) is 1. The van der Waals surface area contributed by atoms with Crippen LogP contribution in [0.5, 0.6) is 5.75 Å². The molecule has 0 fully saturated rings. The van der Waals surface area contributed by atoms with E-state index >= 15 is 0 Å². The molecule has 10 nitrogen and oxygen atoms in total. The van der Waals surface area contributed by atoms with E-state index in [1.54, 1.807) is 12.1 Å². The lowest BCUT2D eigenvalue weighted by Gasteiger charge is -2.21. The van der Waals surface area contributed by atoms with Crippen LogP contribution >= 0.6 is 0 Å². The molecule has 10 heteroatoms. The fourth-order valence-electron chi connectivity index (χ4n) is 3.10. The molecule has 0 aliphatic rings. The normalized spacial score (nSPS) is 12.4. The largest absolute Gasteiger partial charge is 0.508 e. The Morgan fingerprint density at radius 2 is 1.70 bits per heavy atom. The average molecular weight is 451 g/mol. The number of aromatic nitrogens is 2. The molecule has 0 saturated carbocycles. The minimum atomic E-state index is -1.05. The van der Waals surface area contributed by atoms with Gasteiger partial charge in [0, 0.05) is 24.7 Å². The fraction of sp³-hybridized carbons (Fsp3) is 0.217. The lowest BCUT2D eigenvalue weighted by molar-refractivity contribution is -0.128. The number of hydrogen-bond acceptors (Lipinski definition) is 6. The molecule has 172 valence electrons. The van der Waals surface area contributed by atoms with Crippen molar-refractivity contribution in [1.82, 2.24) is 20.6 Å². The SMILES string of the molecule is NC(=O)[C@H](Cc1ccc(O)cc1)NC(=O)[C@@H](Cc1cnc[nH]1)NC(=O)OCc1ccccc1. The number of aromatic hydroxyl groups is 1. The van der Waals surface area contributed by atoms with Gasteiger partial charge in [-0.25, -0.2) is 9.78 Å². The van der Waals surface area contributed by atoms with E-state index in [0.717, 1.165) is 5.56 Å². The molecule has 0 aliphatic heterocycles. The molecule has 1 heterocycles. The molecule has 0 aliphatic carbocycles. The summed E-state index contributed by atoms with van der Waals surface area (Å²) in [6, 6.07) is 13.2. The maximum atomic E-state index is 13.0. The number of primary amides is 1. The maximum absolute atomic E-state index is 13.0.